The second kappa shape index (κ2) is 18.9. The predicted molar refractivity (Wildman–Crippen MR) is 209 cm³/mol. The summed E-state index contributed by atoms with van der Waals surface area (Å²) in [6, 6.07) is 31.4. The summed E-state index contributed by atoms with van der Waals surface area (Å²) in [6.45, 7) is 4.84. The molecule has 0 spiro atoms. The molecule has 0 aromatic heterocycles. The fourth-order valence-electron chi connectivity index (χ4n) is 6.84. The van der Waals surface area contributed by atoms with Crippen molar-refractivity contribution in [2.24, 2.45) is 5.92 Å². The summed E-state index contributed by atoms with van der Waals surface area (Å²) in [4.78, 5) is 26.6. The van der Waals surface area contributed by atoms with Gasteiger partial charge in [-0.3, -0.25) is 14.4 Å². The minimum atomic E-state index is -3.60. The first kappa shape index (κ1) is 40.3. The van der Waals surface area contributed by atoms with E-state index >= 15 is 0 Å². The molecule has 0 heterocycles. The number of nitrogens with zero attached hydrogens (tertiary/aromatic N) is 1. The fourth-order valence-corrected chi connectivity index (χ4v) is 7.39. The van der Waals surface area contributed by atoms with Crippen LogP contribution in [0, 0.1) is 5.92 Å². The first-order chi connectivity index (χ1) is 25.8. The molecule has 0 aliphatic heterocycles. The van der Waals surface area contributed by atoms with Gasteiger partial charge in [0.05, 0.1) is 11.9 Å². The zero-order chi connectivity index (χ0) is 38.7. The first-order valence-corrected chi connectivity index (χ1v) is 20.2. The molecule has 1 amide bonds. The van der Waals surface area contributed by atoms with Crippen LogP contribution in [0.4, 0.5) is 5.69 Å². The zero-order valence-electron chi connectivity index (χ0n) is 31.1. The van der Waals surface area contributed by atoms with Crippen molar-refractivity contribution in [3.8, 4) is 11.5 Å². The molecule has 1 aliphatic carbocycles. The number of carboxylic acids is 1. The van der Waals surface area contributed by atoms with Crippen molar-refractivity contribution >= 4 is 27.6 Å². The lowest BCUT2D eigenvalue weighted by atomic mass is 9.81. The molecule has 5 rings (SSSR count). The minimum absolute atomic E-state index is 0.00742. The zero-order valence-corrected chi connectivity index (χ0v) is 31.9. The predicted octanol–water partition coefficient (Wildman–Crippen LogP) is 6.44. The molecule has 4 aromatic carbocycles. The van der Waals surface area contributed by atoms with Gasteiger partial charge in [0.2, 0.25) is 10.0 Å². The summed E-state index contributed by atoms with van der Waals surface area (Å²) in [5.41, 5.74) is 3.91. The maximum Gasteiger partial charge on any atom is 0.326 e. The standard InChI is InChI=1S/C42H51N3O8S/c1-29(2)40(42(48)49)43-41(47)34-16-14-32(15-17-34)33-18-20-35(21-19-33)45(25-30-10-6-4-7-11-30)26-36(46)28-52-37-22-23-39(38(24-37)44-54(3,50)51)53-27-31-12-8-5-9-13-31/h4-17,22-24,29,33,35-36,40,44,46H,18-21,25-28H2,1-3H3,(H,43,47)(H,48,49)/t33?,35?,36-,40-/m0/s1. The van der Waals surface area contributed by atoms with Crippen LogP contribution in [0.5, 0.6) is 11.5 Å². The van der Waals surface area contributed by atoms with E-state index in [1.54, 1.807) is 44.2 Å². The lowest BCUT2D eigenvalue weighted by molar-refractivity contribution is -0.140. The van der Waals surface area contributed by atoms with Crippen LogP contribution < -0.4 is 19.5 Å². The SMILES string of the molecule is CC(C)[C@H](NC(=O)c1ccc(C2CCC(N(Cc3ccccc3)C[C@H](O)COc3ccc(OCc4ccccc4)c(NS(C)(=O)=O)c3)CC2)cc1)C(=O)O. The van der Waals surface area contributed by atoms with Crippen molar-refractivity contribution in [2.75, 3.05) is 24.1 Å². The summed E-state index contributed by atoms with van der Waals surface area (Å²) < 4.78 is 38.7. The van der Waals surface area contributed by atoms with E-state index in [0.717, 1.165) is 48.6 Å². The topological polar surface area (TPSA) is 154 Å². The normalized spacial score (nSPS) is 17.1. The lowest BCUT2D eigenvalue weighted by Gasteiger charge is -2.38. The summed E-state index contributed by atoms with van der Waals surface area (Å²) in [5.74, 6) is -0.616. The van der Waals surface area contributed by atoms with Crippen LogP contribution in [0.3, 0.4) is 0 Å². The quantitative estimate of drug-likeness (QED) is 0.0898. The third-order valence-electron chi connectivity index (χ3n) is 9.68. The number of aliphatic carboxylic acids is 1. The molecule has 2 atom stereocenters. The highest BCUT2D eigenvalue weighted by molar-refractivity contribution is 7.92. The molecule has 11 nitrogen and oxygen atoms in total. The van der Waals surface area contributed by atoms with E-state index in [9.17, 15) is 28.2 Å². The van der Waals surface area contributed by atoms with Crippen molar-refractivity contribution in [1.82, 2.24) is 10.2 Å². The second-order valence-corrected chi connectivity index (χ2v) is 16.1. The number of benzene rings is 4. The van der Waals surface area contributed by atoms with Gasteiger partial charge in [-0.1, -0.05) is 86.6 Å². The fraction of sp³-hybridized carbons (Fsp3) is 0.381. The van der Waals surface area contributed by atoms with Crippen LogP contribution >= 0.6 is 0 Å². The molecule has 54 heavy (non-hydrogen) atoms. The average molecular weight is 758 g/mol. The number of amides is 1. The smallest absolute Gasteiger partial charge is 0.326 e. The van der Waals surface area contributed by atoms with E-state index in [2.05, 4.69) is 27.1 Å². The molecule has 1 saturated carbocycles. The largest absolute Gasteiger partial charge is 0.491 e. The van der Waals surface area contributed by atoms with Gasteiger partial charge in [-0.25, -0.2) is 13.2 Å². The maximum absolute atomic E-state index is 12.7. The Kier molecular flexibility index (Phi) is 14.1. The number of ether oxygens (including phenoxy) is 2. The maximum atomic E-state index is 12.7. The number of carbonyl (C=O) groups excluding carboxylic acids is 1. The molecular formula is C42H51N3O8S. The molecule has 1 fully saturated rings. The Balaban J connectivity index is 1.19. The Morgan fingerprint density at radius 1 is 0.852 bits per heavy atom. The van der Waals surface area contributed by atoms with E-state index in [-0.39, 0.29) is 30.9 Å². The Labute approximate surface area is 318 Å². The first-order valence-electron chi connectivity index (χ1n) is 18.4. The van der Waals surface area contributed by atoms with Crippen LogP contribution in [-0.4, -0.2) is 73.0 Å². The van der Waals surface area contributed by atoms with Gasteiger partial charge in [0.25, 0.3) is 5.91 Å². The van der Waals surface area contributed by atoms with Crippen LogP contribution in [0.2, 0.25) is 0 Å². The molecular weight excluding hydrogens is 707 g/mol. The summed E-state index contributed by atoms with van der Waals surface area (Å²) in [7, 11) is -3.60. The number of sulfonamides is 1. The number of anilines is 1. The number of nitrogens with one attached hydrogen (secondary N) is 2. The highest BCUT2D eigenvalue weighted by Crippen LogP contribution is 2.36. The van der Waals surface area contributed by atoms with Gasteiger partial charge in [-0.15, -0.1) is 0 Å². The number of carbonyl (C=O) groups is 2. The van der Waals surface area contributed by atoms with Gasteiger partial charge >= 0.3 is 5.97 Å². The van der Waals surface area contributed by atoms with Crippen molar-refractivity contribution in [2.45, 2.75) is 76.8 Å². The summed E-state index contributed by atoms with van der Waals surface area (Å²) in [5, 5.41) is 23.3. The van der Waals surface area contributed by atoms with Crippen LogP contribution in [0.25, 0.3) is 0 Å². The third kappa shape index (κ3) is 12.1. The molecule has 0 radical (unpaired) electrons. The van der Waals surface area contributed by atoms with Gasteiger partial charge < -0.3 is 25.0 Å². The highest BCUT2D eigenvalue weighted by Gasteiger charge is 2.29. The van der Waals surface area contributed by atoms with Crippen molar-refractivity contribution in [1.29, 1.82) is 0 Å². The third-order valence-corrected chi connectivity index (χ3v) is 10.3. The van der Waals surface area contributed by atoms with Gasteiger partial charge in [-0.2, -0.15) is 0 Å². The van der Waals surface area contributed by atoms with Crippen molar-refractivity contribution < 1.29 is 37.7 Å². The Morgan fingerprint density at radius 3 is 2.07 bits per heavy atom. The number of aliphatic hydroxyl groups is 1. The Hall–Kier alpha value is -4.91. The lowest BCUT2D eigenvalue weighted by Crippen LogP contribution is -2.44. The number of rotatable bonds is 18. The van der Waals surface area contributed by atoms with Gasteiger partial charge in [0, 0.05) is 30.8 Å². The van der Waals surface area contributed by atoms with E-state index in [1.807, 2.05) is 60.7 Å². The van der Waals surface area contributed by atoms with Gasteiger partial charge in [-0.05, 0) is 78.5 Å². The molecule has 1 aliphatic rings. The van der Waals surface area contributed by atoms with E-state index in [4.69, 9.17) is 9.47 Å². The van der Waals surface area contributed by atoms with E-state index < -0.39 is 34.0 Å². The molecule has 0 bridgehead atoms. The molecule has 12 heteroatoms. The molecule has 0 saturated heterocycles. The Morgan fingerprint density at radius 2 is 1.48 bits per heavy atom. The van der Waals surface area contributed by atoms with Crippen LogP contribution in [0.15, 0.2) is 103 Å². The monoisotopic (exact) mass is 757 g/mol. The highest BCUT2D eigenvalue weighted by atomic mass is 32.2. The second-order valence-electron chi connectivity index (χ2n) is 14.3. The molecule has 0 unspecified atom stereocenters. The minimum Gasteiger partial charge on any atom is -0.491 e. The van der Waals surface area contributed by atoms with Crippen molar-refractivity contribution in [3.05, 3.63) is 125 Å². The summed E-state index contributed by atoms with van der Waals surface area (Å²) >= 11 is 0. The number of hydrogen-bond acceptors (Lipinski definition) is 8. The molecule has 4 N–H and O–H groups in total. The number of carboxylic acid groups (broad SMARTS) is 1. The molecule has 288 valence electrons. The summed E-state index contributed by atoms with van der Waals surface area (Å²) in [6.07, 6.45) is 3.99. The Bertz CT molecular complexity index is 1920. The molecule has 4 aromatic rings. The van der Waals surface area contributed by atoms with E-state index in [1.165, 1.54) is 0 Å². The average Bonchev–Trinajstić information content (AvgIpc) is 3.15. The van der Waals surface area contributed by atoms with Crippen LogP contribution in [-0.2, 0) is 28.0 Å². The van der Waals surface area contributed by atoms with Crippen molar-refractivity contribution in [3.63, 3.8) is 0 Å². The van der Waals surface area contributed by atoms with Gasteiger partial charge in [0.1, 0.15) is 36.9 Å². The van der Waals surface area contributed by atoms with Crippen LogP contribution in [0.1, 0.15) is 72.5 Å². The number of hydrogen-bond donors (Lipinski definition) is 4. The van der Waals surface area contributed by atoms with Gasteiger partial charge in [0.15, 0.2) is 0 Å². The van der Waals surface area contributed by atoms with E-state index in [0.29, 0.717) is 36.1 Å². The number of aliphatic hydroxyl groups excluding tert-OH is 1.